The summed E-state index contributed by atoms with van der Waals surface area (Å²) >= 11 is 1.78. The van der Waals surface area contributed by atoms with Crippen LogP contribution in [0.1, 0.15) is 22.4 Å². The predicted molar refractivity (Wildman–Crippen MR) is 84.7 cm³/mol. The first-order valence-corrected chi connectivity index (χ1v) is 7.77. The highest BCUT2D eigenvalue weighted by Gasteiger charge is 2.07. The molecule has 0 amide bonds. The van der Waals surface area contributed by atoms with Crippen LogP contribution >= 0.6 is 11.3 Å². The van der Waals surface area contributed by atoms with Gasteiger partial charge < -0.3 is 10.1 Å². The van der Waals surface area contributed by atoms with E-state index in [0.717, 1.165) is 25.1 Å². The van der Waals surface area contributed by atoms with Gasteiger partial charge in [-0.05, 0) is 31.9 Å². The van der Waals surface area contributed by atoms with E-state index in [9.17, 15) is 0 Å². The fourth-order valence-electron chi connectivity index (χ4n) is 2.22. The monoisotopic (exact) mass is 290 g/mol. The summed E-state index contributed by atoms with van der Waals surface area (Å²) in [6.07, 6.45) is 3.91. The van der Waals surface area contributed by atoms with Gasteiger partial charge in [-0.3, -0.25) is 0 Å². The van der Waals surface area contributed by atoms with Gasteiger partial charge in [-0.2, -0.15) is 0 Å². The van der Waals surface area contributed by atoms with E-state index in [-0.39, 0.29) is 0 Å². The maximum absolute atomic E-state index is 5.39. The third-order valence-corrected chi connectivity index (χ3v) is 4.19. The van der Waals surface area contributed by atoms with E-state index in [4.69, 9.17) is 4.74 Å². The molecule has 4 heteroatoms. The Kier molecular flexibility index (Phi) is 5.56. The second-order valence-corrected chi connectivity index (χ2v) is 6.31. The number of methoxy groups -OCH3 is 1. The third kappa shape index (κ3) is 4.32. The lowest BCUT2D eigenvalue weighted by Crippen LogP contribution is -2.30. The minimum atomic E-state index is 0.423. The number of nitrogens with zero attached hydrogens (tertiary/aromatic N) is 1. The Morgan fingerprint density at radius 3 is 2.85 bits per heavy atom. The molecule has 1 aromatic carbocycles. The highest BCUT2D eigenvalue weighted by atomic mass is 32.1. The zero-order valence-corrected chi connectivity index (χ0v) is 13.2. The number of benzene rings is 1. The molecule has 0 fully saturated rings. The van der Waals surface area contributed by atoms with Gasteiger partial charge in [0.25, 0.3) is 0 Å². The predicted octanol–water partition coefficient (Wildman–Crippen LogP) is 3.22. The van der Waals surface area contributed by atoms with Gasteiger partial charge in [0.05, 0.1) is 12.1 Å². The normalized spacial score (nSPS) is 12.3. The average molecular weight is 290 g/mol. The van der Waals surface area contributed by atoms with Crippen molar-refractivity contribution in [3.63, 3.8) is 0 Å². The lowest BCUT2D eigenvalue weighted by Gasteiger charge is -2.15. The van der Waals surface area contributed by atoms with Crippen LogP contribution in [0.3, 0.4) is 0 Å². The van der Waals surface area contributed by atoms with Crippen LogP contribution in [0.4, 0.5) is 0 Å². The van der Waals surface area contributed by atoms with Crippen molar-refractivity contribution >= 4 is 11.3 Å². The van der Waals surface area contributed by atoms with Crippen LogP contribution < -0.4 is 10.1 Å². The van der Waals surface area contributed by atoms with Gasteiger partial charge in [0, 0.05) is 30.1 Å². The number of ether oxygens (including phenoxy) is 1. The Hall–Kier alpha value is -1.39. The Bertz CT molecular complexity index is 539. The summed E-state index contributed by atoms with van der Waals surface area (Å²) in [6, 6.07) is 8.63. The summed E-state index contributed by atoms with van der Waals surface area (Å²) < 4.78 is 5.39. The van der Waals surface area contributed by atoms with Crippen molar-refractivity contribution in [3.8, 4) is 5.75 Å². The molecule has 0 aliphatic carbocycles. The van der Waals surface area contributed by atoms with E-state index < -0.39 is 0 Å². The Balaban J connectivity index is 1.79. The van der Waals surface area contributed by atoms with Crippen LogP contribution in [0.15, 0.2) is 30.5 Å². The van der Waals surface area contributed by atoms with E-state index >= 15 is 0 Å². The van der Waals surface area contributed by atoms with Crippen LogP contribution in [0.25, 0.3) is 0 Å². The highest BCUT2D eigenvalue weighted by Crippen LogP contribution is 2.18. The van der Waals surface area contributed by atoms with Crippen molar-refractivity contribution in [1.82, 2.24) is 10.3 Å². The maximum Gasteiger partial charge on any atom is 0.122 e. The van der Waals surface area contributed by atoms with Crippen molar-refractivity contribution in [1.29, 1.82) is 0 Å². The standard InChI is InChI=1S/C16H22N2OS/c1-12(10-14-6-4-5-7-15(14)19-3)17-9-8-16-18-11-13(2)20-16/h4-7,11-12,17H,8-10H2,1-3H3/t12-/m0/s1. The van der Waals surface area contributed by atoms with E-state index in [0.29, 0.717) is 6.04 Å². The Labute approximate surface area is 125 Å². The molecule has 0 radical (unpaired) electrons. The summed E-state index contributed by atoms with van der Waals surface area (Å²) in [5.74, 6) is 0.969. The van der Waals surface area contributed by atoms with Crippen molar-refractivity contribution in [2.75, 3.05) is 13.7 Å². The number of nitrogens with one attached hydrogen (secondary N) is 1. The minimum Gasteiger partial charge on any atom is -0.496 e. The van der Waals surface area contributed by atoms with Crippen LogP contribution in [-0.2, 0) is 12.8 Å². The summed E-state index contributed by atoms with van der Waals surface area (Å²) in [4.78, 5) is 5.66. The molecule has 108 valence electrons. The molecule has 0 spiro atoms. The number of hydrogen-bond donors (Lipinski definition) is 1. The number of aromatic nitrogens is 1. The van der Waals surface area contributed by atoms with Crippen LogP contribution in [-0.4, -0.2) is 24.7 Å². The van der Waals surface area contributed by atoms with Gasteiger partial charge in [0.15, 0.2) is 0 Å². The first kappa shape index (κ1) is 15.0. The molecular formula is C16H22N2OS. The number of hydrogen-bond acceptors (Lipinski definition) is 4. The first-order valence-electron chi connectivity index (χ1n) is 6.95. The second-order valence-electron chi connectivity index (χ2n) is 4.99. The second kappa shape index (κ2) is 7.41. The third-order valence-electron chi connectivity index (χ3n) is 3.22. The van der Waals surface area contributed by atoms with E-state index in [1.807, 2.05) is 18.3 Å². The van der Waals surface area contributed by atoms with Gasteiger partial charge in [-0.15, -0.1) is 11.3 Å². The van der Waals surface area contributed by atoms with Crippen LogP contribution in [0.5, 0.6) is 5.75 Å². The van der Waals surface area contributed by atoms with Crippen LogP contribution in [0, 0.1) is 6.92 Å². The molecule has 0 aliphatic heterocycles. The lowest BCUT2D eigenvalue weighted by molar-refractivity contribution is 0.406. The van der Waals surface area contributed by atoms with Gasteiger partial charge in [0.2, 0.25) is 0 Å². The van der Waals surface area contributed by atoms with Gasteiger partial charge in [-0.1, -0.05) is 18.2 Å². The zero-order valence-electron chi connectivity index (χ0n) is 12.3. The molecule has 1 N–H and O–H groups in total. The number of para-hydroxylation sites is 1. The van der Waals surface area contributed by atoms with E-state index in [1.54, 1.807) is 18.4 Å². The maximum atomic E-state index is 5.39. The van der Waals surface area contributed by atoms with Gasteiger partial charge >= 0.3 is 0 Å². The number of thiazole rings is 1. The molecule has 0 saturated carbocycles. The van der Waals surface area contributed by atoms with Crippen LogP contribution in [0.2, 0.25) is 0 Å². The largest absolute Gasteiger partial charge is 0.496 e. The van der Waals surface area contributed by atoms with E-state index in [2.05, 4.69) is 36.3 Å². The molecule has 0 saturated heterocycles. The first-order chi connectivity index (χ1) is 9.69. The SMILES string of the molecule is COc1ccccc1C[C@H](C)NCCc1ncc(C)s1. The van der Waals surface area contributed by atoms with Crippen molar-refractivity contribution in [3.05, 3.63) is 45.9 Å². The number of rotatable bonds is 7. The summed E-state index contributed by atoms with van der Waals surface area (Å²) in [5.41, 5.74) is 1.25. The quantitative estimate of drug-likeness (QED) is 0.850. The Morgan fingerprint density at radius 2 is 2.15 bits per heavy atom. The Morgan fingerprint density at radius 1 is 1.35 bits per heavy atom. The van der Waals surface area contributed by atoms with Crippen molar-refractivity contribution in [2.45, 2.75) is 32.7 Å². The molecule has 2 aromatic rings. The summed E-state index contributed by atoms with van der Waals surface area (Å²) in [7, 11) is 1.72. The average Bonchev–Trinajstić information content (AvgIpc) is 2.85. The molecule has 1 atom stereocenters. The highest BCUT2D eigenvalue weighted by molar-refractivity contribution is 7.11. The molecule has 0 bridgehead atoms. The topological polar surface area (TPSA) is 34.1 Å². The summed E-state index contributed by atoms with van der Waals surface area (Å²) in [6.45, 7) is 5.27. The zero-order chi connectivity index (χ0) is 14.4. The fraction of sp³-hybridized carbons (Fsp3) is 0.438. The van der Waals surface area contributed by atoms with Crippen molar-refractivity contribution in [2.24, 2.45) is 0 Å². The smallest absolute Gasteiger partial charge is 0.122 e. The number of aryl methyl sites for hydroxylation is 1. The lowest BCUT2D eigenvalue weighted by atomic mass is 10.1. The molecule has 0 unspecified atom stereocenters. The minimum absolute atomic E-state index is 0.423. The van der Waals surface area contributed by atoms with E-state index in [1.165, 1.54) is 15.4 Å². The van der Waals surface area contributed by atoms with Crippen molar-refractivity contribution < 1.29 is 4.74 Å². The molecule has 3 nitrogen and oxygen atoms in total. The van der Waals surface area contributed by atoms with Gasteiger partial charge in [-0.25, -0.2) is 4.98 Å². The van der Waals surface area contributed by atoms with Gasteiger partial charge in [0.1, 0.15) is 5.75 Å². The summed E-state index contributed by atoms with van der Waals surface area (Å²) in [5, 5.41) is 4.76. The fourth-order valence-corrected chi connectivity index (χ4v) is 3.00. The molecule has 0 aliphatic rings. The molecular weight excluding hydrogens is 268 g/mol. The molecule has 2 rings (SSSR count). The molecule has 1 heterocycles. The molecule has 20 heavy (non-hydrogen) atoms. The molecule has 1 aromatic heterocycles.